The first-order chi connectivity index (χ1) is 8.45. The van der Waals surface area contributed by atoms with Crippen LogP contribution in [0.5, 0.6) is 0 Å². The molecule has 0 bridgehead atoms. The zero-order chi connectivity index (χ0) is 11.8. The molecule has 0 amide bonds. The van der Waals surface area contributed by atoms with Crippen LogP contribution in [0.1, 0.15) is 5.56 Å². The van der Waals surface area contributed by atoms with Gasteiger partial charge in [0, 0.05) is 18.7 Å². The van der Waals surface area contributed by atoms with E-state index in [1.165, 1.54) is 0 Å². The van der Waals surface area contributed by atoms with Crippen LogP contribution in [0, 0.1) is 11.8 Å². The minimum absolute atomic E-state index is 0.169. The highest BCUT2D eigenvalue weighted by molar-refractivity contribution is 5.33. The van der Waals surface area contributed by atoms with E-state index in [-0.39, 0.29) is 6.10 Å². The Morgan fingerprint density at radius 1 is 1.35 bits per heavy atom. The number of rotatable bonds is 3. The van der Waals surface area contributed by atoms with Crippen molar-refractivity contribution in [1.82, 2.24) is 5.32 Å². The number of morpholine rings is 1. The van der Waals surface area contributed by atoms with E-state index >= 15 is 0 Å². The Morgan fingerprint density at radius 3 is 3.00 bits per heavy atom. The van der Waals surface area contributed by atoms with Gasteiger partial charge in [-0.1, -0.05) is 30.0 Å². The molecule has 0 aliphatic carbocycles. The van der Waals surface area contributed by atoms with Gasteiger partial charge >= 0.3 is 0 Å². The van der Waals surface area contributed by atoms with Crippen LogP contribution in [0.15, 0.2) is 30.3 Å². The molecule has 0 aromatic heterocycles. The maximum atomic E-state index is 5.51. The Hall–Kier alpha value is -1.34. The largest absolute Gasteiger partial charge is 0.373 e. The third-order valence-electron chi connectivity index (χ3n) is 2.49. The molecule has 1 saturated heterocycles. The molecule has 1 heterocycles. The SMILES string of the molecule is C(#Cc1ccccc1)COCC1CNCCO1. The topological polar surface area (TPSA) is 30.5 Å². The minimum atomic E-state index is 0.169. The van der Waals surface area contributed by atoms with Gasteiger partial charge in [-0.2, -0.15) is 0 Å². The van der Waals surface area contributed by atoms with Crippen LogP contribution < -0.4 is 5.32 Å². The quantitative estimate of drug-likeness (QED) is 0.623. The van der Waals surface area contributed by atoms with Crippen LogP contribution >= 0.6 is 0 Å². The van der Waals surface area contributed by atoms with Gasteiger partial charge < -0.3 is 14.8 Å². The third-order valence-corrected chi connectivity index (χ3v) is 2.49. The monoisotopic (exact) mass is 231 g/mol. The lowest BCUT2D eigenvalue weighted by Gasteiger charge is -2.22. The van der Waals surface area contributed by atoms with Gasteiger partial charge in [-0.25, -0.2) is 0 Å². The Bertz CT molecular complexity index is 374. The number of hydrogen-bond acceptors (Lipinski definition) is 3. The predicted octanol–water partition coefficient (Wildman–Crippen LogP) is 1.04. The molecule has 1 unspecified atom stereocenters. The zero-order valence-corrected chi connectivity index (χ0v) is 9.82. The van der Waals surface area contributed by atoms with Crippen LogP contribution in [-0.2, 0) is 9.47 Å². The van der Waals surface area contributed by atoms with Gasteiger partial charge in [-0.3, -0.25) is 0 Å². The molecule has 1 aliphatic heterocycles. The van der Waals surface area contributed by atoms with Crippen molar-refractivity contribution in [2.75, 3.05) is 32.9 Å². The normalized spacial score (nSPS) is 19.4. The second-order valence-corrected chi connectivity index (χ2v) is 3.88. The summed E-state index contributed by atoms with van der Waals surface area (Å²) < 4.78 is 11.0. The van der Waals surface area contributed by atoms with Crippen molar-refractivity contribution in [2.45, 2.75) is 6.10 Å². The van der Waals surface area contributed by atoms with Crippen molar-refractivity contribution < 1.29 is 9.47 Å². The van der Waals surface area contributed by atoms with E-state index in [0.29, 0.717) is 13.2 Å². The van der Waals surface area contributed by atoms with Crippen molar-refractivity contribution in [2.24, 2.45) is 0 Å². The summed E-state index contributed by atoms with van der Waals surface area (Å²) in [4.78, 5) is 0. The van der Waals surface area contributed by atoms with Gasteiger partial charge in [0.15, 0.2) is 0 Å². The zero-order valence-electron chi connectivity index (χ0n) is 9.82. The van der Waals surface area contributed by atoms with Gasteiger partial charge in [0.05, 0.1) is 19.3 Å². The highest BCUT2D eigenvalue weighted by Gasteiger charge is 2.12. The summed E-state index contributed by atoms with van der Waals surface area (Å²) in [6, 6.07) is 9.91. The summed E-state index contributed by atoms with van der Waals surface area (Å²) in [5, 5.41) is 3.26. The van der Waals surface area contributed by atoms with E-state index in [2.05, 4.69) is 17.2 Å². The maximum absolute atomic E-state index is 5.51. The Morgan fingerprint density at radius 2 is 2.24 bits per heavy atom. The van der Waals surface area contributed by atoms with Crippen molar-refractivity contribution in [3.63, 3.8) is 0 Å². The van der Waals surface area contributed by atoms with Crippen LogP contribution in [0.25, 0.3) is 0 Å². The van der Waals surface area contributed by atoms with E-state index in [0.717, 1.165) is 25.3 Å². The van der Waals surface area contributed by atoms with Gasteiger partial charge in [0.25, 0.3) is 0 Å². The lowest BCUT2D eigenvalue weighted by atomic mass is 10.2. The summed E-state index contributed by atoms with van der Waals surface area (Å²) in [6.07, 6.45) is 0.169. The minimum Gasteiger partial charge on any atom is -0.373 e. The van der Waals surface area contributed by atoms with Gasteiger partial charge in [0.2, 0.25) is 0 Å². The third kappa shape index (κ3) is 4.58. The summed E-state index contributed by atoms with van der Waals surface area (Å²) in [6.45, 7) is 3.63. The fourth-order valence-corrected chi connectivity index (χ4v) is 1.63. The number of ether oxygens (including phenoxy) is 2. The first-order valence-corrected chi connectivity index (χ1v) is 5.89. The molecule has 0 radical (unpaired) electrons. The molecule has 1 fully saturated rings. The maximum Gasteiger partial charge on any atom is 0.108 e. The average Bonchev–Trinajstić information content (AvgIpc) is 2.41. The molecule has 1 aromatic carbocycles. The highest BCUT2D eigenvalue weighted by atomic mass is 16.5. The number of hydrogen-bond donors (Lipinski definition) is 1. The molecule has 1 aliphatic rings. The summed E-state index contributed by atoms with van der Waals surface area (Å²) in [7, 11) is 0. The van der Waals surface area contributed by atoms with Crippen molar-refractivity contribution in [3.05, 3.63) is 35.9 Å². The van der Waals surface area contributed by atoms with Gasteiger partial charge in [-0.15, -0.1) is 0 Å². The van der Waals surface area contributed by atoms with Crippen LogP contribution in [-0.4, -0.2) is 39.0 Å². The van der Waals surface area contributed by atoms with Crippen molar-refractivity contribution in [3.8, 4) is 11.8 Å². The number of benzene rings is 1. The Balaban J connectivity index is 1.64. The predicted molar refractivity (Wildman–Crippen MR) is 66.7 cm³/mol. The molecule has 1 aromatic rings. The second kappa shape index (κ2) is 7.08. The lowest BCUT2D eigenvalue weighted by Crippen LogP contribution is -2.41. The standard InChI is InChI=1S/C14H17NO2/c1-2-5-13(6-3-1)7-4-9-16-12-14-11-15-8-10-17-14/h1-3,5-6,14-15H,8-12H2. The van der Waals surface area contributed by atoms with Crippen molar-refractivity contribution >= 4 is 0 Å². The second-order valence-electron chi connectivity index (χ2n) is 3.88. The Kier molecular flexibility index (Phi) is 5.05. The molecule has 0 spiro atoms. The lowest BCUT2D eigenvalue weighted by molar-refractivity contribution is -0.0247. The summed E-state index contributed by atoms with van der Waals surface area (Å²) >= 11 is 0. The van der Waals surface area contributed by atoms with Crippen molar-refractivity contribution in [1.29, 1.82) is 0 Å². The molecular formula is C14H17NO2. The fourth-order valence-electron chi connectivity index (χ4n) is 1.63. The molecule has 1 N–H and O–H groups in total. The van der Waals surface area contributed by atoms with Crippen LogP contribution in [0.4, 0.5) is 0 Å². The molecule has 90 valence electrons. The van der Waals surface area contributed by atoms with E-state index in [1.807, 2.05) is 30.3 Å². The fraction of sp³-hybridized carbons (Fsp3) is 0.429. The van der Waals surface area contributed by atoms with Crippen LogP contribution in [0.3, 0.4) is 0 Å². The summed E-state index contributed by atoms with van der Waals surface area (Å²) in [5.74, 6) is 6.04. The Labute approximate surface area is 102 Å². The van der Waals surface area contributed by atoms with E-state index < -0.39 is 0 Å². The first kappa shape index (κ1) is 12.1. The van der Waals surface area contributed by atoms with Crippen LogP contribution in [0.2, 0.25) is 0 Å². The van der Waals surface area contributed by atoms with E-state index in [4.69, 9.17) is 9.47 Å². The van der Waals surface area contributed by atoms with E-state index in [1.54, 1.807) is 0 Å². The summed E-state index contributed by atoms with van der Waals surface area (Å²) in [5.41, 5.74) is 1.02. The number of nitrogens with one attached hydrogen (secondary N) is 1. The molecule has 1 atom stereocenters. The molecule has 3 heteroatoms. The average molecular weight is 231 g/mol. The highest BCUT2D eigenvalue weighted by Crippen LogP contribution is 1.97. The molecule has 17 heavy (non-hydrogen) atoms. The molecule has 0 saturated carbocycles. The molecule has 3 nitrogen and oxygen atoms in total. The van der Waals surface area contributed by atoms with E-state index in [9.17, 15) is 0 Å². The van der Waals surface area contributed by atoms with Gasteiger partial charge in [-0.05, 0) is 12.1 Å². The smallest absolute Gasteiger partial charge is 0.108 e. The van der Waals surface area contributed by atoms with Gasteiger partial charge in [0.1, 0.15) is 6.61 Å². The molecule has 2 rings (SSSR count). The first-order valence-electron chi connectivity index (χ1n) is 5.89. The molecular weight excluding hydrogens is 214 g/mol.